The predicted molar refractivity (Wildman–Crippen MR) is 97.3 cm³/mol. The molecule has 1 aromatic heterocycles. The van der Waals surface area contributed by atoms with Crippen LogP contribution < -0.4 is 5.32 Å². The number of alkyl halides is 3. The second kappa shape index (κ2) is 7.31. The molecule has 146 valence electrons. The molecule has 0 saturated carbocycles. The van der Waals surface area contributed by atoms with Crippen molar-refractivity contribution in [1.29, 1.82) is 0 Å². The third kappa shape index (κ3) is 4.73. The van der Waals surface area contributed by atoms with Gasteiger partial charge in [-0.1, -0.05) is 18.2 Å². The Bertz CT molecular complexity index is 977. The van der Waals surface area contributed by atoms with Gasteiger partial charge in [0.25, 0.3) is 0 Å². The lowest BCUT2D eigenvalue weighted by atomic mass is 10.2. The first-order chi connectivity index (χ1) is 12.5. The van der Waals surface area contributed by atoms with Crippen molar-refractivity contribution in [2.24, 2.45) is 0 Å². The number of carbonyl (C=O) groups excluding carboxylic acids is 1. The summed E-state index contributed by atoms with van der Waals surface area (Å²) in [5, 5.41) is 2.50. The maximum atomic E-state index is 13.1. The van der Waals surface area contributed by atoms with Gasteiger partial charge < -0.3 is 5.32 Å². The van der Waals surface area contributed by atoms with E-state index >= 15 is 0 Å². The number of aromatic nitrogens is 1. The first-order valence-electron chi connectivity index (χ1n) is 8.19. The Kier molecular flexibility index (Phi) is 5.40. The van der Waals surface area contributed by atoms with Crippen LogP contribution in [-0.2, 0) is 20.8 Å². The van der Waals surface area contributed by atoms with Gasteiger partial charge in [-0.05, 0) is 25.5 Å². The Morgan fingerprint density at radius 3 is 2.67 bits per heavy atom. The molecule has 0 spiro atoms. The molecule has 1 saturated heterocycles. The summed E-state index contributed by atoms with van der Waals surface area (Å²) in [6.45, 7) is 1.58. The average Bonchev–Trinajstić information content (AvgIpc) is 2.92. The highest BCUT2D eigenvalue weighted by molar-refractivity contribution is 8.00. The van der Waals surface area contributed by atoms with E-state index in [2.05, 4.69) is 10.3 Å². The second-order valence-electron chi connectivity index (χ2n) is 6.39. The van der Waals surface area contributed by atoms with Gasteiger partial charge in [0.2, 0.25) is 5.91 Å². The van der Waals surface area contributed by atoms with Crippen molar-refractivity contribution in [3.63, 3.8) is 0 Å². The Morgan fingerprint density at radius 1 is 1.33 bits per heavy atom. The molecular formula is C17H17F3N2O3S2. The number of sulfone groups is 1. The Morgan fingerprint density at radius 2 is 2.04 bits per heavy atom. The van der Waals surface area contributed by atoms with E-state index < -0.39 is 38.9 Å². The number of nitrogens with zero attached hydrogens (tertiary/aromatic N) is 1. The number of pyridine rings is 1. The summed E-state index contributed by atoms with van der Waals surface area (Å²) in [5.74, 6) is -0.479. The minimum Gasteiger partial charge on any atom is -0.351 e. The fraction of sp³-hybridized carbons (Fsp3) is 0.412. The van der Waals surface area contributed by atoms with E-state index in [-0.39, 0.29) is 17.0 Å². The van der Waals surface area contributed by atoms with Crippen LogP contribution in [-0.4, -0.2) is 42.1 Å². The summed E-state index contributed by atoms with van der Waals surface area (Å²) in [4.78, 5) is 16.3. The number of hydrogen-bond acceptors (Lipinski definition) is 5. The third-order valence-electron chi connectivity index (χ3n) is 4.22. The maximum Gasteiger partial charge on any atom is 0.433 e. The van der Waals surface area contributed by atoms with Gasteiger partial charge >= 0.3 is 6.18 Å². The Labute approximate surface area is 158 Å². The lowest BCUT2D eigenvalue weighted by molar-refractivity contribution is -0.141. The molecule has 1 N–H and O–H groups in total. The maximum absolute atomic E-state index is 13.1. The van der Waals surface area contributed by atoms with Gasteiger partial charge in [-0.2, -0.15) is 13.2 Å². The van der Waals surface area contributed by atoms with E-state index in [0.29, 0.717) is 16.7 Å². The number of amides is 1. The van der Waals surface area contributed by atoms with E-state index in [4.69, 9.17) is 0 Å². The lowest BCUT2D eigenvalue weighted by Crippen LogP contribution is -2.39. The first kappa shape index (κ1) is 19.9. The van der Waals surface area contributed by atoms with Crippen LogP contribution in [0.25, 0.3) is 10.9 Å². The molecule has 2 aromatic rings. The number of rotatable bonds is 4. The molecule has 1 fully saturated rings. The van der Waals surface area contributed by atoms with Gasteiger partial charge in [-0.15, -0.1) is 11.8 Å². The minimum absolute atomic E-state index is 0.0312. The number of fused-ring (bicyclic) bond motifs is 1. The fourth-order valence-electron chi connectivity index (χ4n) is 2.86. The van der Waals surface area contributed by atoms with Gasteiger partial charge in [0.05, 0.1) is 22.3 Å². The standard InChI is InChI=1S/C17H17F3N2O3S2/c1-10(16(23)21-11-6-7-27(24,25)9-11)26-14-8-15(17(18,19)20)22-13-5-3-2-4-12(13)14/h2-5,8,10-11H,6-7,9H2,1H3,(H,21,23)/t10-,11+/m0/s1. The summed E-state index contributed by atoms with van der Waals surface area (Å²) in [6.07, 6.45) is -4.25. The van der Waals surface area contributed by atoms with Crippen molar-refractivity contribution in [3.05, 3.63) is 36.0 Å². The second-order valence-corrected chi connectivity index (χ2v) is 10.0. The minimum atomic E-state index is -4.59. The molecule has 1 amide bonds. The number of carbonyl (C=O) groups is 1. The van der Waals surface area contributed by atoms with Gasteiger partial charge in [0.1, 0.15) is 5.69 Å². The fourth-order valence-corrected chi connectivity index (χ4v) is 5.57. The molecule has 5 nitrogen and oxygen atoms in total. The Hall–Kier alpha value is -1.81. The molecule has 1 aliphatic heterocycles. The van der Waals surface area contributed by atoms with Crippen molar-refractivity contribution in [1.82, 2.24) is 10.3 Å². The normalized spacial score (nSPS) is 20.5. The van der Waals surface area contributed by atoms with Crippen molar-refractivity contribution in [3.8, 4) is 0 Å². The average molecular weight is 418 g/mol. The molecule has 1 aromatic carbocycles. The van der Waals surface area contributed by atoms with Crippen molar-refractivity contribution in [2.45, 2.75) is 35.7 Å². The number of nitrogens with one attached hydrogen (secondary N) is 1. The molecular weight excluding hydrogens is 401 g/mol. The van der Waals surface area contributed by atoms with Crippen molar-refractivity contribution >= 4 is 38.4 Å². The monoisotopic (exact) mass is 418 g/mol. The van der Waals surface area contributed by atoms with E-state index in [0.717, 1.165) is 17.8 Å². The van der Waals surface area contributed by atoms with Crippen molar-refractivity contribution < 1.29 is 26.4 Å². The number of hydrogen-bond donors (Lipinski definition) is 1. The predicted octanol–water partition coefficient (Wildman–Crippen LogP) is 3.04. The topological polar surface area (TPSA) is 76.1 Å². The third-order valence-corrected chi connectivity index (χ3v) is 7.15. The Balaban J connectivity index is 1.81. The molecule has 0 radical (unpaired) electrons. The molecule has 1 aliphatic rings. The molecule has 0 unspecified atom stereocenters. The molecule has 2 heterocycles. The summed E-state index contributed by atoms with van der Waals surface area (Å²) >= 11 is 0.993. The summed E-state index contributed by atoms with van der Waals surface area (Å²) in [5.41, 5.74) is -0.817. The molecule has 3 rings (SSSR count). The van der Waals surface area contributed by atoms with E-state index in [1.807, 2.05) is 0 Å². The molecule has 2 atom stereocenters. The van der Waals surface area contributed by atoms with Crippen LogP contribution in [0.15, 0.2) is 35.2 Å². The van der Waals surface area contributed by atoms with Crippen LogP contribution in [0.2, 0.25) is 0 Å². The molecule has 0 bridgehead atoms. The summed E-state index contributed by atoms with van der Waals surface area (Å²) < 4.78 is 62.4. The van der Waals surface area contributed by atoms with Crippen LogP contribution >= 0.6 is 11.8 Å². The first-order valence-corrected chi connectivity index (χ1v) is 10.9. The van der Waals surface area contributed by atoms with Crippen LogP contribution in [0.4, 0.5) is 13.2 Å². The SMILES string of the molecule is C[C@H](Sc1cc(C(F)(F)F)nc2ccccc12)C(=O)N[C@@H]1CCS(=O)(=O)C1. The zero-order valence-corrected chi connectivity index (χ0v) is 15.9. The van der Waals surface area contributed by atoms with Crippen LogP contribution in [0, 0.1) is 0 Å². The zero-order chi connectivity index (χ0) is 19.8. The number of halogens is 3. The van der Waals surface area contributed by atoms with Crippen LogP contribution in [0.1, 0.15) is 19.0 Å². The quantitative estimate of drug-likeness (QED) is 0.773. The van der Waals surface area contributed by atoms with E-state index in [9.17, 15) is 26.4 Å². The summed E-state index contributed by atoms with van der Waals surface area (Å²) in [6, 6.07) is 6.92. The molecule has 27 heavy (non-hydrogen) atoms. The van der Waals surface area contributed by atoms with E-state index in [1.54, 1.807) is 25.1 Å². The number of benzene rings is 1. The highest BCUT2D eigenvalue weighted by Crippen LogP contribution is 2.36. The summed E-state index contributed by atoms with van der Waals surface area (Å²) in [7, 11) is -3.13. The smallest absolute Gasteiger partial charge is 0.351 e. The van der Waals surface area contributed by atoms with Crippen LogP contribution in [0.5, 0.6) is 0 Å². The van der Waals surface area contributed by atoms with Gasteiger partial charge in [-0.3, -0.25) is 4.79 Å². The molecule has 0 aliphatic carbocycles. The number of para-hydroxylation sites is 1. The van der Waals surface area contributed by atoms with E-state index in [1.165, 1.54) is 6.07 Å². The van der Waals surface area contributed by atoms with Crippen molar-refractivity contribution in [2.75, 3.05) is 11.5 Å². The highest BCUT2D eigenvalue weighted by Gasteiger charge is 2.34. The molecule has 10 heteroatoms. The van der Waals surface area contributed by atoms with Gasteiger partial charge in [0.15, 0.2) is 9.84 Å². The highest BCUT2D eigenvalue weighted by atomic mass is 32.2. The largest absolute Gasteiger partial charge is 0.433 e. The van der Waals surface area contributed by atoms with Gasteiger partial charge in [-0.25, -0.2) is 13.4 Å². The lowest BCUT2D eigenvalue weighted by Gasteiger charge is -2.17. The number of thioether (sulfide) groups is 1. The van der Waals surface area contributed by atoms with Gasteiger partial charge in [0, 0.05) is 16.3 Å². The zero-order valence-electron chi connectivity index (χ0n) is 14.3. The van der Waals surface area contributed by atoms with Crippen LogP contribution in [0.3, 0.4) is 0 Å².